The van der Waals surface area contributed by atoms with Crippen molar-refractivity contribution in [3.63, 3.8) is 0 Å². The Balaban J connectivity index is 0.00000243. The monoisotopic (exact) mass is 394 g/mol. The van der Waals surface area contributed by atoms with Gasteiger partial charge >= 0.3 is 0 Å². The van der Waals surface area contributed by atoms with Crippen molar-refractivity contribution >= 4 is 30.1 Å². The summed E-state index contributed by atoms with van der Waals surface area (Å²) in [5, 5.41) is 11.0. The minimum absolute atomic E-state index is 0. The minimum Gasteiger partial charge on any atom is -0.354 e. The maximum atomic E-state index is 12.0. The molecule has 1 aromatic heterocycles. The van der Waals surface area contributed by atoms with E-state index in [-0.39, 0.29) is 18.3 Å². The van der Waals surface area contributed by atoms with Crippen LogP contribution in [0.3, 0.4) is 0 Å². The highest BCUT2D eigenvalue weighted by molar-refractivity contribution is 7.99. The fourth-order valence-corrected chi connectivity index (χ4v) is 3.87. The van der Waals surface area contributed by atoms with E-state index in [1.807, 2.05) is 42.2 Å². The van der Waals surface area contributed by atoms with Crippen molar-refractivity contribution in [3.8, 4) is 0 Å². The molecule has 142 valence electrons. The third-order valence-electron chi connectivity index (χ3n) is 4.34. The quantitative estimate of drug-likeness (QED) is 0.533. The molecule has 1 atom stereocenters. The van der Waals surface area contributed by atoms with Gasteiger partial charge in [0.25, 0.3) is 0 Å². The maximum absolute atomic E-state index is 12.0. The van der Waals surface area contributed by atoms with Gasteiger partial charge in [-0.3, -0.25) is 9.48 Å². The van der Waals surface area contributed by atoms with Crippen molar-refractivity contribution in [2.24, 2.45) is 0 Å². The number of halogens is 1. The van der Waals surface area contributed by atoms with Gasteiger partial charge in [0.1, 0.15) is 6.54 Å². The van der Waals surface area contributed by atoms with E-state index in [0.717, 1.165) is 31.0 Å². The normalized spacial score (nSPS) is 16.7. The van der Waals surface area contributed by atoms with E-state index in [1.54, 1.807) is 4.68 Å². The number of amides is 1. The zero-order chi connectivity index (χ0) is 17.3. The first-order valence-electron chi connectivity index (χ1n) is 9.00. The van der Waals surface area contributed by atoms with Crippen LogP contribution in [-0.2, 0) is 11.3 Å². The van der Waals surface area contributed by atoms with Crippen molar-refractivity contribution in [1.82, 2.24) is 20.4 Å². The summed E-state index contributed by atoms with van der Waals surface area (Å²) in [6.45, 7) is 3.09. The van der Waals surface area contributed by atoms with Crippen LogP contribution < -0.4 is 10.6 Å². The summed E-state index contributed by atoms with van der Waals surface area (Å²) in [6, 6.07) is 12.4. The van der Waals surface area contributed by atoms with E-state index < -0.39 is 0 Å². The third kappa shape index (κ3) is 6.67. The Morgan fingerprint density at radius 3 is 2.92 bits per heavy atom. The Hall–Kier alpha value is -1.50. The summed E-state index contributed by atoms with van der Waals surface area (Å²) in [7, 11) is 0. The Morgan fingerprint density at radius 1 is 1.31 bits per heavy atom. The average molecular weight is 395 g/mol. The summed E-state index contributed by atoms with van der Waals surface area (Å²) in [5.41, 5.74) is 1.10. The molecule has 3 rings (SSSR count). The maximum Gasteiger partial charge on any atom is 0.241 e. The second-order valence-electron chi connectivity index (χ2n) is 6.35. The molecule has 5 nitrogen and oxygen atoms in total. The van der Waals surface area contributed by atoms with Gasteiger partial charge in [-0.1, -0.05) is 18.2 Å². The molecule has 1 fully saturated rings. The van der Waals surface area contributed by atoms with Crippen molar-refractivity contribution < 1.29 is 4.79 Å². The van der Waals surface area contributed by atoms with Crippen LogP contribution in [0, 0.1) is 0 Å². The van der Waals surface area contributed by atoms with Crippen LogP contribution in [0.25, 0.3) is 0 Å². The van der Waals surface area contributed by atoms with E-state index in [2.05, 4.69) is 27.9 Å². The standard InChI is InChI=1S/C19H26N4OS.ClH/c24-19(21-11-5-13-25-17-7-2-1-3-8-17)15-23-12-9-18(22-23)16-6-4-10-20-14-16;/h1-3,7-9,12,16,20H,4-6,10-11,13-15H2,(H,21,24);1H. The number of benzene rings is 1. The van der Waals surface area contributed by atoms with Gasteiger partial charge in [-0.05, 0) is 49.8 Å². The second kappa shape index (κ2) is 11.3. The summed E-state index contributed by atoms with van der Waals surface area (Å²) in [5.74, 6) is 1.51. The largest absolute Gasteiger partial charge is 0.354 e. The highest BCUT2D eigenvalue weighted by Gasteiger charge is 2.17. The van der Waals surface area contributed by atoms with Gasteiger partial charge in [0.15, 0.2) is 0 Å². The molecule has 26 heavy (non-hydrogen) atoms. The lowest BCUT2D eigenvalue weighted by atomic mass is 9.97. The molecule has 1 aromatic carbocycles. The number of nitrogens with zero attached hydrogens (tertiary/aromatic N) is 2. The zero-order valence-electron chi connectivity index (χ0n) is 14.9. The van der Waals surface area contributed by atoms with E-state index in [9.17, 15) is 4.79 Å². The predicted octanol–water partition coefficient (Wildman–Crippen LogP) is 3.07. The molecule has 1 amide bonds. The lowest BCUT2D eigenvalue weighted by Gasteiger charge is -2.20. The van der Waals surface area contributed by atoms with Gasteiger partial charge in [0, 0.05) is 30.1 Å². The molecule has 2 heterocycles. The SMILES string of the molecule is Cl.O=C(Cn1ccc(C2CCCNC2)n1)NCCCSc1ccccc1. The second-order valence-corrected chi connectivity index (χ2v) is 7.51. The van der Waals surface area contributed by atoms with Gasteiger partial charge in [-0.2, -0.15) is 5.10 Å². The highest BCUT2D eigenvalue weighted by Crippen LogP contribution is 2.21. The van der Waals surface area contributed by atoms with E-state index >= 15 is 0 Å². The molecule has 1 saturated heterocycles. The van der Waals surface area contributed by atoms with Crippen molar-refractivity contribution in [1.29, 1.82) is 0 Å². The molecule has 0 aliphatic carbocycles. The van der Waals surface area contributed by atoms with Gasteiger partial charge in [0.05, 0.1) is 5.69 Å². The molecule has 0 bridgehead atoms. The molecule has 0 saturated carbocycles. The first-order valence-corrected chi connectivity index (χ1v) is 9.98. The number of hydrogen-bond donors (Lipinski definition) is 2. The van der Waals surface area contributed by atoms with Crippen LogP contribution in [0.4, 0.5) is 0 Å². The van der Waals surface area contributed by atoms with Crippen molar-refractivity contribution in [2.45, 2.75) is 36.6 Å². The van der Waals surface area contributed by atoms with E-state index in [1.165, 1.54) is 17.7 Å². The molecule has 1 aliphatic heterocycles. The van der Waals surface area contributed by atoms with Crippen LogP contribution >= 0.6 is 24.2 Å². The summed E-state index contributed by atoms with van der Waals surface area (Å²) in [6.07, 6.45) is 5.24. The van der Waals surface area contributed by atoms with Crippen LogP contribution in [0.2, 0.25) is 0 Å². The van der Waals surface area contributed by atoms with Gasteiger partial charge in [0.2, 0.25) is 5.91 Å². The van der Waals surface area contributed by atoms with Crippen molar-refractivity contribution in [3.05, 3.63) is 48.3 Å². The molecule has 7 heteroatoms. The molecule has 1 aliphatic rings. The lowest BCUT2D eigenvalue weighted by Crippen LogP contribution is -2.30. The summed E-state index contributed by atoms with van der Waals surface area (Å²) < 4.78 is 1.75. The Bertz CT molecular complexity index is 659. The first-order chi connectivity index (χ1) is 12.3. The number of carbonyl (C=O) groups excluding carboxylic acids is 1. The van der Waals surface area contributed by atoms with Crippen LogP contribution in [-0.4, -0.2) is 41.1 Å². The van der Waals surface area contributed by atoms with Gasteiger partial charge in [-0.15, -0.1) is 24.2 Å². The Kier molecular flexibility index (Phi) is 9.01. The number of thioether (sulfide) groups is 1. The van der Waals surface area contributed by atoms with Crippen molar-refractivity contribution in [2.75, 3.05) is 25.4 Å². The zero-order valence-corrected chi connectivity index (χ0v) is 16.5. The highest BCUT2D eigenvalue weighted by atomic mass is 35.5. The topological polar surface area (TPSA) is 59.0 Å². The van der Waals surface area contributed by atoms with Gasteiger partial charge in [-0.25, -0.2) is 0 Å². The third-order valence-corrected chi connectivity index (χ3v) is 5.44. The molecular weight excluding hydrogens is 368 g/mol. The Morgan fingerprint density at radius 2 is 2.15 bits per heavy atom. The fraction of sp³-hybridized carbons (Fsp3) is 0.474. The minimum atomic E-state index is 0. The van der Waals surface area contributed by atoms with Crippen LogP contribution in [0.15, 0.2) is 47.5 Å². The number of rotatable bonds is 8. The van der Waals surface area contributed by atoms with Crippen LogP contribution in [0.5, 0.6) is 0 Å². The van der Waals surface area contributed by atoms with E-state index in [4.69, 9.17) is 0 Å². The number of carbonyl (C=O) groups is 1. The molecule has 1 unspecified atom stereocenters. The van der Waals surface area contributed by atoms with Gasteiger partial charge < -0.3 is 10.6 Å². The number of hydrogen-bond acceptors (Lipinski definition) is 4. The Labute approximate surface area is 165 Å². The van der Waals surface area contributed by atoms with E-state index in [0.29, 0.717) is 19.0 Å². The lowest BCUT2D eigenvalue weighted by molar-refractivity contribution is -0.121. The van der Waals surface area contributed by atoms with Crippen LogP contribution in [0.1, 0.15) is 30.9 Å². The molecular formula is C19H27ClN4OS. The summed E-state index contributed by atoms with van der Waals surface area (Å²) >= 11 is 1.82. The smallest absolute Gasteiger partial charge is 0.241 e. The molecule has 0 spiro atoms. The summed E-state index contributed by atoms with van der Waals surface area (Å²) in [4.78, 5) is 13.3. The fourth-order valence-electron chi connectivity index (χ4n) is 3.00. The average Bonchev–Trinajstić information content (AvgIpc) is 3.11. The molecule has 2 aromatic rings. The molecule has 0 radical (unpaired) electrons. The predicted molar refractivity (Wildman–Crippen MR) is 109 cm³/mol. The molecule has 2 N–H and O–H groups in total. The number of piperidine rings is 1. The first kappa shape index (κ1) is 20.8. The number of nitrogens with one attached hydrogen (secondary N) is 2. The number of aromatic nitrogens is 2.